The Morgan fingerprint density at radius 1 is 0.880 bits per heavy atom. The molecule has 4 atom stereocenters. The summed E-state index contributed by atoms with van der Waals surface area (Å²) in [5, 5.41) is 28.3. The number of hydrogen-bond acceptors (Lipinski definition) is 7. The number of aliphatic carboxylic acids is 1. The Kier molecular flexibility index (Phi) is 10.1. The number of nitrogens with one attached hydrogen (secondary N) is 2. The number of hydrogen-bond donors (Lipinski definition) is 4. The van der Waals surface area contributed by atoms with Crippen molar-refractivity contribution in [3.8, 4) is 5.75 Å². The van der Waals surface area contributed by atoms with E-state index < -0.39 is 85.5 Å². The molecule has 0 bridgehead atoms. The number of rotatable bonds is 12. The molecule has 10 nitrogen and oxygen atoms in total. The number of para-hydroxylation sites is 1. The lowest BCUT2D eigenvalue weighted by Gasteiger charge is -2.37. The van der Waals surface area contributed by atoms with E-state index >= 15 is 0 Å². The van der Waals surface area contributed by atoms with E-state index in [1.54, 1.807) is 66.7 Å². The summed E-state index contributed by atoms with van der Waals surface area (Å²) in [6.07, 6.45) is -1.38. The molecule has 2 aliphatic heterocycles. The molecule has 4 N–H and O–H groups in total. The maximum Gasteiger partial charge on any atom is 0.305 e. The fourth-order valence-corrected chi connectivity index (χ4v) is 9.02. The van der Waals surface area contributed by atoms with E-state index in [-0.39, 0.29) is 6.42 Å². The molecule has 0 aromatic heterocycles. The summed E-state index contributed by atoms with van der Waals surface area (Å²) in [5.41, 5.74) is 2.18. The number of amides is 1. The quantitative estimate of drug-likeness (QED) is 0.128. The highest BCUT2D eigenvalue weighted by Gasteiger charge is 2.46. The minimum absolute atomic E-state index is 0.0953. The number of halogens is 3. The second kappa shape index (κ2) is 14.5. The van der Waals surface area contributed by atoms with E-state index in [2.05, 4.69) is 10.4 Å². The first kappa shape index (κ1) is 34.9. The lowest BCUT2D eigenvalue weighted by Crippen LogP contribution is -2.58. The summed E-state index contributed by atoms with van der Waals surface area (Å²) in [4.78, 5) is 40.2. The van der Waals surface area contributed by atoms with E-state index in [1.165, 1.54) is 4.90 Å². The number of carbonyl (C=O) groups is 3. The van der Waals surface area contributed by atoms with Crippen molar-refractivity contribution in [2.24, 2.45) is 0 Å². The fourth-order valence-electron chi connectivity index (χ4n) is 6.51. The van der Waals surface area contributed by atoms with Crippen molar-refractivity contribution in [2.75, 3.05) is 11.5 Å². The SMILES string of the molecule is O=C(O)CC(NC(=O)[C@@H]1Cc2cccc3c2N1C(O)[C@@H](NP(=O)(c1ccccc1)c1ccccc1)CC3)C(=O)COc1c(F)ccc(F)c1F. The molecule has 2 unspecified atom stereocenters. The van der Waals surface area contributed by atoms with Gasteiger partial charge in [-0.25, -0.2) is 8.78 Å². The topological polar surface area (TPSA) is 145 Å². The van der Waals surface area contributed by atoms with Crippen LogP contribution in [0.3, 0.4) is 0 Å². The van der Waals surface area contributed by atoms with Crippen molar-refractivity contribution in [3.05, 3.63) is 120 Å². The van der Waals surface area contributed by atoms with Gasteiger partial charge in [-0.2, -0.15) is 4.39 Å². The highest BCUT2D eigenvalue weighted by atomic mass is 31.2. The van der Waals surface area contributed by atoms with Gasteiger partial charge in [0.15, 0.2) is 23.2 Å². The number of aliphatic hydroxyl groups excluding tert-OH is 1. The van der Waals surface area contributed by atoms with Gasteiger partial charge in [-0.05, 0) is 60.4 Å². The van der Waals surface area contributed by atoms with Crippen LogP contribution in [0.5, 0.6) is 5.75 Å². The molecule has 4 aromatic carbocycles. The van der Waals surface area contributed by atoms with Gasteiger partial charge in [0.25, 0.3) is 0 Å². The van der Waals surface area contributed by atoms with Crippen LogP contribution >= 0.6 is 7.29 Å². The highest BCUT2D eigenvalue weighted by molar-refractivity contribution is 7.76. The van der Waals surface area contributed by atoms with Gasteiger partial charge in [0, 0.05) is 22.7 Å². The average molecular weight is 708 g/mol. The Hall–Kier alpha value is -4.97. The minimum Gasteiger partial charge on any atom is -0.481 e. The normalized spacial score (nSPS) is 18.9. The van der Waals surface area contributed by atoms with Crippen LogP contribution in [0.15, 0.2) is 91.0 Å². The lowest BCUT2D eigenvalue weighted by molar-refractivity contribution is -0.140. The van der Waals surface area contributed by atoms with Crippen LogP contribution in [0, 0.1) is 17.5 Å². The molecule has 2 aliphatic rings. The number of Topliss-reactive ketones (excluding diaryl/α,β-unsaturated/α-hetero) is 1. The van der Waals surface area contributed by atoms with Crippen LogP contribution in [0.25, 0.3) is 0 Å². The van der Waals surface area contributed by atoms with Crippen molar-refractivity contribution < 1.29 is 47.1 Å². The molecule has 0 saturated heterocycles. The van der Waals surface area contributed by atoms with E-state index in [0.717, 1.165) is 11.1 Å². The van der Waals surface area contributed by atoms with Gasteiger partial charge in [-0.3, -0.25) is 24.0 Å². The molecular weight excluding hydrogens is 674 g/mol. The molecule has 0 fully saturated rings. The standard InChI is InChI=1S/C36H33F3N3O7P/c37-25-15-16-26(38)34(32(25)39)49-20-30(43)28(19-31(44)45)40-35(46)29-18-22-9-7-8-21-14-17-27(36(47)42(29)33(21)22)41-50(48,23-10-3-1-4-11-23)24-12-5-2-6-13-24/h1-13,15-16,27-29,36,47H,14,17-20H2,(H,40,46)(H,41,48)(H,44,45)/t27-,28?,29-,36?/m0/s1. The molecule has 6 rings (SSSR count). The second-order valence-electron chi connectivity index (χ2n) is 12.1. The first-order valence-corrected chi connectivity index (χ1v) is 17.6. The Morgan fingerprint density at radius 2 is 1.50 bits per heavy atom. The molecule has 0 spiro atoms. The van der Waals surface area contributed by atoms with Crippen molar-refractivity contribution >= 4 is 41.2 Å². The number of carbonyl (C=O) groups excluding carboxylic acids is 2. The second-order valence-corrected chi connectivity index (χ2v) is 14.6. The number of benzene rings is 4. The molecule has 50 heavy (non-hydrogen) atoms. The van der Waals surface area contributed by atoms with Crippen LogP contribution in [-0.2, 0) is 31.8 Å². The van der Waals surface area contributed by atoms with E-state index in [1.807, 2.05) is 12.1 Å². The predicted molar refractivity (Wildman–Crippen MR) is 178 cm³/mol. The molecule has 14 heteroatoms. The van der Waals surface area contributed by atoms with E-state index in [0.29, 0.717) is 41.3 Å². The van der Waals surface area contributed by atoms with E-state index in [4.69, 9.17) is 4.74 Å². The van der Waals surface area contributed by atoms with Crippen LogP contribution in [-0.4, -0.2) is 58.8 Å². The molecular formula is C36H33F3N3O7P. The van der Waals surface area contributed by atoms with Crippen molar-refractivity contribution in [3.63, 3.8) is 0 Å². The molecule has 260 valence electrons. The molecule has 0 aliphatic carbocycles. The zero-order chi connectivity index (χ0) is 35.6. The largest absolute Gasteiger partial charge is 0.481 e. The molecule has 0 saturated carbocycles. The number of nitrogens with zero attached hydrogens (tertiary/aromatic N) is 1. The first-order valence-electron chi connectivity index (χ1n) is 15.9. The zero-order valence-electron chi connectivity index (χ0n) is 26.5. The summed E-state index contributed by atoms with van der Waals surface area (Å²) >= 11 is 0. The third-order valence-corrected chi connectivity index (χ3v) is 11.7. The van der Waals surface area contributed by atoms with Crippen LogP contribution < -0.4 is 30.6 Å². The maximum atomic E-state index is 14.9. The minimum atomic E-state index is -3.54. The summed E-state index contributed by atoms with van der Waals surface area (Å²) in [7, 11) is -3.54. The lowest BCUT2D eigenvalue weighted by atomic mass is 10.0. The third-order valence-electron chi connectivity index (χ3n) is 8.91. The average Bonchev–Trinajstić information content (AvgIpc) is 3.46. The summed E-state index contributed by atoms with van der Waals surface area (Å²) in [6, 6.07) is 20.6. The summed E-state index contributed by atoms with van der Waals surface area (Å²) < 4.78 is 61.6. The molecule has 1 amide bonds. The fraction of sp³-hybridized carbons (Fsp3) is 0.250. The number of ether oxygens (including phenoxy) is 1. The van der Waals surface area contributed by atoms with Gasteiger partial charge in [-0.1, -0.05) is 54.6 Å². The van der Waals surface area contributed by atoms with Gasteiger partial charge >= 0.3 is 5.97 Å². The van der Waals surface area contributed by atoms with Gasteiger partial charge in [-0.15, -0.1) is 0 Å². The molecule has 0 radical (unpaired) electrons. The number of ketones is 1. The molecule has 2 heterocycles. The summed E-state index contributed by atoms with van der Waals surface area (Å²) in [5.74, 6) is -8.83. The van der Waals surface area contributed by atoms with Crippen molar-refractivity contribution in [1.82, 2.24) is 10.4 Å². The van der Waals surface area contributed by atoms with Crippen molar-refractivity contribution in [1.29, 1.82) is 0 Å². The monoisotopic (exact) mass is 707 g/mol. The third kappa shape index (κ3) is 6.89. The number of aryl methyl sites for hydroxylation is 1. The summed E-state index contributed by atoms with van der Waals surface area (Å²) in [6.45, 7) is -1.07. The number of aliphatic hydroxyl groups is 1. The highest BCUT2D eigenvalue weighted by Crippen LogP contribution is 2.44. The van der Waals surface area contributed by atoms with Gasteiger partial charge < -0.3 is 25.2 Å². The maximum absolute atomic E-state index is 14.9. The first-order chi connectivity index (χ1) is 24.0. The van der Waals surface area contributed by atoms with Gasteiger partial charge in [0.2, 0.25) is 19.0 Å². The zero-order valence-corrected chi connectivity index (χ0v) is 27.4. The Labute approximate surface area is 285 Å². The van der Waals surface area contributed by atoms with Crippen molar-refractivity contribution in [2.45, 2.75) is 50.0 Å². The Balaban J connectivity index is 1.27. The Morgan fingerprint density at radius 3 is 2.14 bits per heavy atom. The number of anilines is 1. The van der Waals surface area contributed by atoms with Gasteiger partial charge in [0.05, 0.1) is 12.5 Å². The van der Waals surface area contributed by atoms with E-state index in [9.17, 15) is 42.3 Å². The van der Waals surface area contributed by atoms with Gasteiger partial charge in [0.1, 0.15) is 24.9 Å². The molecule has 4 aromatic rings. The van der Waals surface area contributed by atoms with Crippen LogP contribution in [0.2, 0.25) is 0 Å². The smallest absolute Gasteiger partial charge is 0.305 e. The van der Waals surface area contributed by atoms with Crippen LogP contribution in [0.1, 0.15) is 24.0 Å². The van der Waals surface area contributed by atoms with Crippen LogP contribution in [0.4, 0.5) is 18.9 Å². The number of carboxylic acids is 1. The Bertz CT molecular complexity index is 1920. The number of carboxylic acid groups (broad SMARTS) is 1. The predicted octanol–water partition coefficient (Wildman–Crippen LogP) is 3.59.